The second-order valence-electron chi connectivity index (χ2n) is 3.72. The third-order valence-electron chi connectivity index (χ3n) is 2.60. The quantitative estimate of drug-likeness (QED) is 0.781. The molecular weight excluding hydrogens is 272 g/mol. The van der Waals surface area contributed by atoms with Crippen LogP contribution in [-0.2, 0) is 0 Å². The minimum Gasteiger partial charge on any atom is -0.477 e. The topological polar surface area (TPSA) is 55.1 Å². The lowest BCUT2D eigenvalue weighted by molar-refractivity contribution is 0.0688. The van der Waals surface area contributed by atoms with Crippen LogP contribution in [0.25, 0.3) is 15.9 Å². The SMILES string of the molecule is O=C(O)c1cc(Cl)cn1-c1ccc2ncsc2c1. The largest absolute Gasteiger partial charge is 0.477 e. The summed E-state index contributed by atoms with van der Waals surface area (Å²) in [5, 5.41) is 9.52. The molecule has 18 heavy (non-hydrogen) atoms. The van der Waals surface area contributed by atoms with E-state index in [0.29, 0.717) is 5.02 Å². The summed E-state index contributed by atoms with van der Waals surface area (Å²) in [6, 6.07) is 7.02. The molecule has 0 bridgehead atoms. The first-order valence-electron chi connectivity index (χ1n) is 5.10. The van der Waals surface area contributed by atoms with Gasteiger partial charge in [-0.15, -0.1) is 11.3 Å². The number of carbonyl (C=O) groups is 1. The van der Waals surface area contributed by atoms with Crippen LogP contribution in [0, 0.1) is 0 Å². The first-order chi connectivity index (χ1) is 8.65. The fourth-order valence-corrected chi connectivity index (χ4v) is 2.71. The number of halogens is 1. The first kappa shape index (κ1) is 11.3. The standard InChI is InChI=1S/C12H7ClN2O2S/c13-7-3-10(12(16)17)15(5-7)8-1-2-9-11(4-8)18-6-14-9/h1-6H,(H,16,17). The lowest BCUT2D eigenvalue weighted by Crippen LogP contribution is -2.05. The van der Waals surface area contributed by atoms with Crippen LogP contribution in [0.15, 0.2) is 36.0 Å². The summed E-state index contributed by atoms with van der Waals surface area (Å²) in [6.07, 6.45) is 1.59. The summed E-state index contributed by atoms with van der Waals surface area (Å²) in [4.78, 5) is 15.3. The maximum Gasteiger partial charge on any atom is 0.352 e. The maximum atomic E-state index is 11.1. The molecule has 0 spiro atoms. The van der Waals surface area contributed by atoms with Crippen LogP contribution < -0.4 is 0 Å². The van der Waals surface area contributed by atoms with Gasteiger partial charge in [-0.25, -0.2) is 9.78 Å². The molecular formula is C12H7ClN2O2S. The van der Waals surface area contributed by atoms with Gasteiger partial charge in [-0.2, -0.15) is 0 Å². The van der Waals surface area contributed by atoms with E-state index in [1.165, 1.54) is 17.4 Å². The van der Waals surface area contributed by atoms with Crippen molar-refractivity contribution in [3.8, 4) is 5.69 Å². The summed E-state index contributed by atoms with van der Waals surface area (Å²) in [5.74, 6) is -1.01. The van der Waals surface area contributed by atoms with Crippen molar-refractivity contribution in [2.24, 2.45) is 0 Å². The molecule has 0 aliphatic carbocycles. The second-order valence-corrected chi connectivity index (χ2v) is 5.05. The average molecular weight is 279 g/mol. The maximum absolute atomic E-state index is 11.1. The van der Waals surface area contributed by atoms with Crippen LogP contribution in [0.1, 0.15) is 10.5 Å². The highest BCUT2D eigenvalue weighted by atomic mass is 35.5. The smallest absolute Gasteiger partial charge is 0.352 e. The van der Waals surface area contributed by atoms with Crippen molar-refractivity contribution < 1.29 is 9.90 Å². The average Bonchev–Trinajstić information content (AvgIpc) is 2.93. The molecule has 0 atom stereocenters. The van der Waals surface area contributed by atoms with E-state index in [2.05, 4.69) is 4.98 Å². The van der Waals surface area contributed by atoms with Crippen molar-refractivity contribution in [1.29, 1.82) is 0 Å². The van der Waals surface area contributed by atoms with E-state index in [0.717, 1.165) is 15.9 Å². The number of benzene rings is 1. The van der Waals surface area contributed by atoms with E-state index in [1.54, 1.807) is 16.3 Å². The predicted molar refractivity (Wildman–Crippen MR) is 70.9 cm³/mol. The van der Waals surface area contributed by atoms with Crippen molar-refractivity contribution in [2.45, 2.75) is 0 Å². The number of rotatable bonds is 2. The van der Waals surface area contributed by atoms with Gasteiger partial charge in [0.2, 0.25) is 0 Å². The second kappa shape index (κ2) is 4.12. The molecule has 2 heterocycles. The Balaban J connectivity index is 2.21. The van der Waals surface area contributed by atoms with Gasteiger partial charge in [0, 0.05) is 11.9 Å². The van der Waals surface area contributed by atoms with Crippen molar-refractivity contribution in [3.63, 3.8) is 0 Å². The van der Waals surface area contributed by atoms with Gasteiger partial charge in [-0.05, 0) is 24.3 Å². The van der Waals surface area contributed by atoms with Crippen molar-refractivity contribution >= 4 is 39.1 Å². The molecule has 0 aliphatic rings. The Morgan fingerprint density at radius 2 is 2.22 bits per heavy atom. The van der Waals surface area contributed by atoms with E-state index in [9.17, 15) is 4.79 Å². The lowest BCUT2D eigenvalue weighted by atomic mass is 10.3. The van der Waals surface area contributed by atoms with E-state index in [-0.39, 0.29) is 5.69 Å². The molecule has 90 valence electrons. The Hall–Kier alpha value is -1.85. The van der Waals surface area contributed by atoms with Crippen LogP contribution in [0.4, 0.5) is 0 Å². The normalized spacial score (nSPS) is 10.9. The minimum atomic E-state index is -1.01. The summed E-state index contributed by atoms with van der Waals surface area (Å²) in [6.45, 7) is 0. The molecule has 6 heteroatoms. The molecule has 1 aromatic carbocycles. The molecule has 0 aliphatic heterocycles. The fraction of sp³-hybridized carbons (Fsp3) is 0. The van der Waals surface area contributed by atoms with Gasteiger partial charge in [0.25, 0.3) is 0 Å². The Bertz CT molecular complexity index is 747. The summed E-state index contributed by atoms with van der Waals surface area (Å²) in [7, 11) is 0. The van der Waals surface area contributed by atoms with Crippen LogP contribution in [0.3, 0.4) is 0 Å². The van der Waals surface area contributed by atoms with Crippen LogP contribution >= 0.6 is 22.9 Å². The Morgan fingerprint density at radius 1 is 1.39 bits per heavy atom. The van der Waals surface area contributed by atoms with E-state index in [1.807, 2.05) is 18.2 Å². The number of carboxylic acid groups (broad SMARTS) is 1. The van der Waals surface area contributed by atoms with Crippen molar-refractivity contribution in [3.05, 3.63) is 46.7 Å². The number of carboxylic acids is 1. The molecule has 0 radical (unpaired) electrons. The Labute approximate surface area is 111 Å². The number of nitrogens with zero attached hydrogens (tertiary/aromatic N) is 2. The molecule has 0 saturated heterocycles. The zero-order chi connectivity index (χ0) is 12.7. The monoisotopic (exact) mass is 278 g/mol. The van der Waals surface area contributed by atoms with Gasteiger partial charge in [0.1, 0.15) is 5.69 Å². The highest BCUT2D eigenvalue weighted by molar-refractivity contribution is 7.16. The van der Waals surface area contributed by atoms with Crippen LogP contribution in [-0.4, -0.2) is 20.6 Å². The van der Waals surface area contributed by atoms with E-state index < -0.39 is 5.97 Å². The molecule has 0 fully saturated rings. The van der Waals surface area contributed by atoms with Crippen LogP contribution in [0.2, 0.25) is 5.02 Å². The number of hydrogen-bond donors (Lipinski definition) is 1. The first-order valence-corrected chi connectivity index (χ1v) is 6.36. The molecule has 2 aromatic heterocycles. The number of hydrogen-bond acceptors (Lipinski definition) is 3. The summed E-state index contributed by atoms with van der Waals surface area (Å²) < 4.78 is 2.57. The molecule has 0 amide bonds. The van der Waals surface area contributed by atoms with Crippen LogP contribution in [0.5, 0.6) is 0 Å². The van der Waals surface area contributed by atoms with Gasteiger partial charge in [0.15, 0.2) is 0 Å². The molecule has 0 saturated carbocycles. The third kappa shape index (κ3) is 1.77. The molecule has 4 nitrogen and oxygen atoms in total. The minimum absolute atomic E-state index is 0.142. The van der Waals surface area contributed by atoms with Gasteiger partial charge in [-0.3, -0.25) is 0 Å². The Morgan fingerprint density at radius 3 is 3.00 bits per heavy atom. The molecule has 3 aromatic rings. The molecule has 3 rings (SSSR count). The predicted octanol–water partition coefficient (Wildman–Crippen LogP) is 3.44. The summed E-state index contributed by atoms with van der Waals surface area (Å²) >= 11 is 7.38. The van der Waals surface area contributed by atoms with Gasteiger partial charge < -0.3 is 9.67 Å². The zero-order valence-corrected chi connectivity index (χ0v) is 10.6. The lowest BCUT2D eigenvalue weighted by Gasteiger charge is -2.05. The number of fused-ring (bicyclic) bond motifs is 1. The van der Waals surface area contributed by atoms with Crippen molar-refractivity contribution in [2.75, 3.05) is 0 Å². The molecule has 1 N–H and O–H groups in total. The Kier molecular flexibility index (Phi) is 2.57. The highest BCUT2D eigenvalue weighted by Gasteiger charge is 2.13. The van der Waals surface area contributed by atoms with E-state index in [4.69, 9.17) is 16.7 Å². The third-order valence-corrected chi connectivity index (χ3v) is 3.60. The number of aromatic carboxylic acids is 1. The summed E-state index contributed by atoms with van der Waals surface area (Å²) in [5.41, 5.74) is 3.56. The zero-order valence-electron chi connectivity index (χ0n) is 9.00. The van der Waals surface area contributed by atoms with Crippen molar-refractivity contribution in [1.82, 2.24) is 9.55 Å². The van der Waals surface area contributed by atoms with E-state index >= 15 is 0 Å². The van der Waals surface area contributed by atoms with Gasteiger partial charge in [-0.1, -0.05) is 11.6 Å². The number of aromatic nitrogens is 2. The van der Waals surface area contributed by atoms with Gasteiger partial charge >= 0.3 is 5.97 Å². The fourth-order valence-electron chi connectivity index (χ4n) is 1.80. The highest BCUT2D eigenvalue weighted by Crippen LogP contribution is 2.24. The molecule has 0 unspecified atom stereocenters. The van der Waals surface area contributed by atoms with Gasteiger partial charge in [0.05, 0.1) is 20.7 Å². The number of thiazole rings is 1.